The Kier molecular flexibility index (Phi) is 5.45. The van der Waals surface area contributed by atoms with Crippen molar-refractivity contribution in [2.24, 2.45) is 0 Å². The zero-order valence-corrected chi connectivity index (χ0v) is 13.4. The second-order valence-corrected chi connectivity index (χ2v) is 9.96. The van der Waals surface area contributed by atoms with Gasteiger partial charge in [0, 0.05) is 0 Å². The van der Waals surface area contributed by atoms with Gasteiger partial charge in [-0.05, 0) is 0 Å². The first-order chi connectivity index (χ1) is 6.86. The van der Waals surface area contributed by atoms with Crippen molar-refractivity contribution >= 4 is 23.6 Å². The standard InChI is InChI=1S/C10H21Cl2IN2/c1-10(2,14(11)12)6-9-15(3)8-5-4-7-13-15/h4-9H2,1-3H3. The molecule has 1 atom stereocenters. The summed E-state index contributed by atoms with van der Waals surface area (Å²) in [4.78, 5) is 0. The molecule has 0 radical (unpaired) electrons. The molecule has 0 bridgehead atoms. The van der Waals surface area contributed by atoms with Crippen LogP contribution in [0.25, 0.3) is 0 Å². The van der Waals surface area contributed by atoms with E-state index in [1.807, 2.05) is 0 Å². The van der Waals surface area contributed by atoms with Gasteiger partial charge >= 0.3 is 115 Å². The molecule has 0 spiro atoms. The van der Waals surface area contributed by atoms with Crippen molar-refractivity contribution in [2.75, 3.05) is 24.6 Å². The summed E-state index contributed by atoms with van der Waals surface area (Å²) in [6, 6.07) is 0. The first-order valence-electron chi connectivity index (χ1n) is 5.43. The van der Waals surface area contributed by atoms with Crippen molar-refractivity contribution in [3.63, 3.8) is 0 Å². The van der Waals surface area contributed by atoms with Crippen LogP contribution in [0, 0.1) is 0 Å². The van der Waals surface area contributed by atoms with E-state index < -0.39 is 0 Å². The Hall–Kier alpha value is 1.23. The molecule has 1 rings (SSSR count). The predicted molar refractivity (Wildman–Crippen MR) is 62.3 cm³/mol. The third-order valence-electron chi connectivity index (χ3n) is 3.03. The van der Waals surface area contributed by atoms with Crippen molar-refractivity contribution in [3.8, 4) is 0 Å². The van der Waals surface area contributed by atoms with Crippen LogP contribution in [-0.4, -0.2) is 36.7 Å². The van der Waals surface area contributed by atoms with Crippen LogP contribution in [0.3, 0.4) is 0 Å². The number of hydrogen-bond acceptors (Lipinski definition) is 1. The van der Waals surface area contributed by atoms with Gasteiger partial charge < -0.3 is 0 Å². The molecule has 0 N–H and O–H groups in total. The summed E-state index contributed by atoms with van der Waals surface area (Å²) >= 11 is 12.0. The normalized spacial score (nSPS) is 28.9. The summed E-state index contributed by atoms with van der Waals surface area (Å²) < 4.78 is 4.08. The summed E-state index contributed by atoms with van der Waals surface area (Å²) in [5.74, 6) is 0. The van der Waals surface area contributed by atoms with Gasteiger partial charge in [0.2, 0.25) is 0 Å². The molecule has 1 heterocycles. The van der Waals surface area contributed by atoms with Gasteiger partial charge in [-0.2, -0.15) is 0 Å². The minimum atomic E-state index is -0.106. The Morgan fingerprint density at radius 3 is 2.47 bits per heavy atom. The maximum atomic E-state index is 5.83. The fourth-order valence-electron chi connectivity index (χ4n) is 1.62. The van der Waals surface area contributed by atoms with Crippen molar-refractivity contribution in [1.29, 1.82) is 0 Å². The van der Waals surface area contributed by atoms with Gasteiger partial charge in [-0.1, -0.05) is 0 Å². The van der Waals surface area contributed by atoms with E-state index in [0.717, 1.165) is 6.42 Å². The first kappa shape index (κ1) is 14.3. The summed E-state index contributed by atoms with van der Waals surface area (Å²) in [7, 11) is 2.40. The summed E-state index contributed by atoms with van der Waals surface area (Å²) in [5, 5.41) is 0. The van der Waals surface area contributed by atoms with Crippen LogP contribution >= 0.6 is 23.6 Å². The molecule has 0 aromatic rings. The Balaban J connectivity index is 2.41. The average Bonchev–Trinajstić information content (AvgIpc) is 2.16. The molecule has 0 saturated carbocycles. The van der Waals surface area contributed by atoms with Gasteiger partial charge in [0.25, 0.3) is 0 Å². The van der Waals surface area contributed by atoms with Crippen LogP contribution in [0.2, 0.25) is 0 Å². The molecule has 2 nitrogen and oxygen atoms in total. The van der Waals surface area contributed by atoms with E-state index >= 15 is 0 Å². The van der Waals surface area contributed by atoms with Gasteiger partial charge in [-0.15, -0.1) is 0 Å². The molecule has 0 aliphatic carbocycles. The van der Waals surface area contributed by atoms with Crippen LogP contribution in [0.4, 0.5) is 0 Å². The van der Waals surface area contributed by atoms with E-state index in [1.165, 1.54) is 37.0 Å². The monoisotopic (exact) mass is 366 g/mol. The van der Waals surface area contributed by atoms with E-state index in [1.54, 1.807) is 0 Å². The second kappa shape index (κ2) is 5.71. The zero-order chi connectivity index (χ0) is 11.5. The van der Waals surface area contributed by atoms with Crippen molar-refractivity contribution in [3.05, 3.63) is 0 Å². The van der Waals surface area contributed by atoms with E-state index in [2.05, 4.69) is 20.9 Å². The van der Waals surface area contributed by atoms with Crippen molar-refractivity contribution in [1.82, 2.24) is 3.94 Å². The molecule has 1 saturated heterocycles. The summed E-state index contributed by atoms with van der Waals surface area (Å²) in [5.41, 5.74) is -0.106. The van der Waals surface area contributed by atoms with Crippen molar-refractivity contribution < 1.29 is 24.2 Å². The maximum absolute atomic E-state index is 5.83. The molecule has 5 heteroatoms. The SMILES string of the molecule is CC(C)(CC[N+]1(C)CCCC[I-]1)N(Cl)Cl. The third-order valence-corrected chi connectivity index (χ3v) is 7.80. The van der Waals surface area contributed by atoms with Crippen LogP contribution in [0.1, 0.15) is 33.1 Å². The van der Waals surface area contributed by atoms with E-state index in [-0.39, 0.29) is 5.54 Å². The Labute approximate surface area is 114 Å². The third kappa shape index (κ3) is 4.54. The van der Waals surface area contributed by atoms with Gasteiger partial charge in [0.05, 0.1) is 0 Å². The Morgan fingerprint density at radius 1 is 1.33 bits per heavy atom. The van der Waals surface area contributed by atoms with Gasteiger partial charge in [0.1, 0.15) is 0 Å². The minimum absolute atomic E-state index is 0.106. The molecular formula is C10H21Cl2IN2. The van der Waals surface area contributed by atoms with Gasteiger partial charge in [-0.3, -0.25) is 0 Å². The average molecular weight is 367 g/mol. The molecular weight excluding hydrogens is 346 g/mol. The topological polar surface area (TPSA) is 3.24 Å². The Bertz CT molecular complexity index is 204. The van der Waals surface area contributed by atoms with Crippen molar-refractivity contribution in [2.45, 2.75) is 38.6 Å². The summed E-state index contributed by atoms with van der Waals surface area (Å²) in [6.07, 6.45) is 3.90. The summed E-state index contributed by atoms with van der Waals surface area (Å²) in [6.45, 7) is 6.77. The quantitative estimate of drug-likeness (QED) is 0.385. The Morgan fingerprint density at radius 2 is 2.00 bits per heavy atom. The van der Waals surface area contributed by atoms with E-state index in [9.17, 15) is 0 Å². The van der Waals surface area contributed by atoms with Crippen LogP contribution in [0.15, 0.2) is 0 Å². The first-order valence-corrected chi connectivity index (χ1v) is 8.60. The number of hydrogen-bond donors (Lipinski definition) is 0. The zero-order valence-electron chi connectivity index (χ0n) is 9.77. The number of alkyl halides is 1. The molecule has 0 aromatic heterocycles. The molecule has 1 fully saturated rings. The van der Waals surface area contributed by atoms with E-state index in [0.29, 0.717) is 21.5 Å². The predicted octanol–water partition coefficient (Wildman–Crippen LogP) is 0.00910. The fourth-order valence-corrected chi connectivity index (χ4v) is 5.10. The number of rotatable bonds is 4. The number of nitrogens with zero attached hydrogens (tertiary/aromatic N) is 2. The molecule has 0 aromatic carbocycles. The molecule has 1 aliphatic rings. The molecule has 15 heavy (non-hydrogen) atoms. The molecule has 0 amide bonds. The van der Waals surface area contributed by atoms with Gasteiger partial charge in [-0.25, -0.2) is 0 Å². The van der Waals surface area contributed by atoms with Crippen LogP contribution in [-0.2, 0) is 0 Å². The second-order valence-electron chi connectivity index (χ2n) is 5.02. The molecule has 92 valence electrons. The number of quaternary nitrogens is 1. The van der Waals surface area contributed by atoms with Gasteiger partial charge in [0.15, 0.2) is 0 Å². The molecule has 1 aliphatic heterocycles. The van der Waals surface area contributed by atoms with Crippen LogP contribution in [0.5, 0.6) is 0 Å². The van der Waals surface area contributed by atoms with Crippen LogP contribution < -0.4 is 21.5 Å². The fraction of sp³-hybridized carbons (Fsp3) is 1.00. The molecule has 1 unspecified atom stereocenters. The van der Waals surface area contributed by atoms with E-state index in [4.69, 9.17) is 23.6 Å². The number of halogens is 3.